The SMILES string of the molecule is COC(=O)c1cc(F)c(Br)c(OC)c1N. The first-order valence-corrected chi connectivity index (χ1v) is 4.72. The number of carbonyl (C=O) groups excluding carboxylic acids is 1. The Morgan fingerprint density at radius 1 is 1.53 bits per heavy atom. The number of ether oxygens (including phenoxy) is 2. The molecular formula is C9H9BrFNO3. The minimum absolute atomic E-state index is 0.0395. The van der Waals surface area contributed by atoms with Crippen LogP contribution in [-0.2, 0) is 4.74 Å². The lowest BCUT2D eigenvalue weighted by Gasteiger charge is -2.11. The number of benzene rings is 1. The van der Waals surface area contributed by atoms with E-state index in [-0.39, 0.29) is 21.5 Å². The van der Waals surface area contributed by atoms with Gasteiger partial charge in [0.1, 0.15) is 5.82 Å². The van der Waals surface area contributed by atoms with Crippen LogP contribution in [0.1, 0.15) is 10.4 Å². The van der Waals surface area contributed by atoms with Gasteiger partial charge in [0.05, 0.1) is 29.9 Å². The van der Waals surface area contributed by atoms with Crippen molar-refractivity contribution < 1.29 is 18.7 Å². The molecule has 0 atom stereocenters. The fourth-order valence-electron chi connectivity index (χ4n) is 1.10. The summed E-state index contributed by atoms with van der Waals surface area (Å²) in [5.41, 5.74) is 5.60. The number of nitrogen functional groups attached to an aromatic ring is 1. The molecule has 0 saturated carbocycles. The molecule has 0 radical (unpaired) electrons. The Balaban J connectivity index is 3.43. The van der Waals surface area contributed by atoms with E-state index in [1.54, 1.807) is 0 Å². The standard InChI is InChI=1S/C9H9BrFNO3/c1-14-8-6(10)5(11)3-4(7(8)12)9(13)15-2/h3H,12H2,1-2H3. The van der Waals surface area contributed by atoms with Crippen molar-refractivity contribution in [2.24, 2.45) is 0 Å². The Labute approximate surface area is 94.3 Å². The highest BCUT2D eigenvalue weighted by molar-refractivity contribution is 9.10. The Bertz CT molecular complexity index is 409. The van der Waals surface area contributed by atoms with Crippen LogP contribution in [0.3, 0.4) is 0 Å². The van der Waals surface area contributed by atoms with E-state index in [1.807, 2.05) is 0 Å². The molecule has 0 heterocycles. The first-order valence-electron chi connectivity index (χ1n) is 3.92. The van der Waals surface area contributed by atoms with Crippen LogP contribution in [0.15, 0.2) is 10.5 Å². The van der Waals surface area contributed by atoms with Crippen LogP contribution in [0.25, 0.3) is 0 Å². The summed E-state index contributed by atoms with van der Waals surface area (Å²) in [5.74, 6) is -1.27. The van der Waals surface area contributed by atoms with Gasteiger partial charge in [-0.25, -0.2) is 9.18 Å². The Kier molecular flexibility index (Phi) is 3.52. The number of nitrogens with two attached hydrogens (primary N) is 1. The third-order valence-electron chi connectivity index (χ3n) is 1.82. The van der Waals surface area contributed by atoms with Gasteiger partial charge in [0.2, 0.25) is 0 Å². The van der Waals surface area contributed by atoms with E-state index < -0.39 is 11.8 Å². The first-order chi connectivity index (χ1) is 7.02. The molecule has 4 nitrogen and oxygen atoms in total. The van der Waals surface area contributed by atoms with Gasteiger partial charge >= 0.3 is 5.97 Å². The molecule has 0 bridgehead atoms. The van der Waals surface area contributed by atoms with E-state index in [0.29, 0.717) is 0 Å². The average Bonchev–Trinajstić information content (AvgIpc) is 2.23. The molecule has 1 aromatic carbocycles. The summed E-state index contributed by atoms with van der Waals surface area (Å²) in [5, 5.41) is 0. The molecule has 0 aromatic heterocycles. The zero-order valence-corrected chi connectivity index (χ0v) is 9.72. The zero-order valence-electron chi connectivity index (χ0n) is 8.14. The van der Waals surface area contributed by atoms with Crippen molar-refractivity contribution in [3.05, 3.63) is 21.9 Å². The molecule has 0 unspecified atom stereocenters. The maximum absolute atomic E-state index is 13.3. The minimum atomic E-state index is -0.711. The maximum atomic E-state index is 13.3. The lowest BCUT2D eigenvalue weighted by atomic mass is 10.1. The normalized spacial score (nSPS) is 9.87. The smallest absolute Gasteiger partial charge is 0.340 e. The summed E-state index contributed by atoms with van der Waals surface area (Å²) in [4.78, 5) is 11.2. The number of esters is 1. The molecule has 2 N–H and O–H groups in total. The van der Waals surface area contributed by atoms with Crippen molar-refractivity contribution in [3.8, 4) is 5.75 Å². The van der Waals surface area contributed by atoms with E-state index in [1.165, 1.54) is 14.2 Å². The highest BCUT2D eigenvalue weighted by atomic mass is 79.9. The van der Waals surface area contributed by atoms with Crippen LogP contribution >= 0.6 is 15.9 Å². The summed E-state index contributed by atoms with van der Waals surface area (Å²) in [6.07, 6.45) is 0. The predicted molar refractivity (Wildman–Crippen MR) is 56.4 cm³/mol. The molecule has 0 spiro atoms. The Morgan fingerprint density at radius 3 is 2.60 bits per heavy atom. The molecule has 82 valence electrons. The fraction of sp³-hybridized carbons (Fsp3) is 0.222. The van der Waals surface area contributed by atoms with E-state index in [9.17, 15) is 9.18 Å². The zero-order chi connectivity index (χ0) is 11.6. The van der Waals surface area contributed by atoms with Crippen molar-refractivity contribution in [1.82, 2.24) is 0 Å². The van der Waals surface area contributed by atoms with Gasteiger partial charge in [-0.05, 0) is 22.0 Å². The van der Waals surface area contributed by atoms with Crippen molar-refractivity contribution in [1.29, 1.82) is 0 Å². The van der Waals surface area contributed by atoms with E-state index >= 15 is 0 Å². The number of methoxy groups -OCH3 is 2. The lowest BCUT2D eigenvalue weighted by Crippen LogP contribution is -2.08. The first kappa shape index (κ1) is 11.8. The van der Waals surface area contributed by atoms with E-state index in [2.05, 4.69) is 20.7 Å². The van der Waals surface area contributed by atoms with E-state index in [4.69, 9.17) is 10.5 Å². The van der Waals surface area contributed by atoms with Crippen LogP contribution in [0.5, 0.6) is 5.75 Å². The monoisotopic (exact) mass is 277 g/mol. The highest BCUT2D eigenvalue weighted by Crippen LogP contribution is 2.36. The molecule has 1 aromatic rings. The van der Waals surface area contributed by atoms with Crippen LogP contribution in [0, 0.1) is 5.82 Å². The quantitative estimate of drug-likeness (QED) is 0.663. The van der Waals surface area contributed by atoms with Gasteiger partial charge in [-0.2, -0.15) is 0 Å². The summed E-state index contributed by atoms with van der Waals surface area (Å²) in [6, 6.07) is 0.994. The van der Waals surface area contributed by atoms with Crippen molar-refractivity contribution >= 4 is 27.6 Å². The van der Waals surface area contributed by atoms with Crippen molar-refractivity contribution in [2.75, 3.05) is 20.0 Å². The maximum Gasteiger partial charge on any atom is 0.340 e. The molecule has 0 aliphatic carbocycles. The van der Waals surface area contributed by atoms with Gasteiger partial charge < -0.3 is 15.2 Å². The highest BCUT2D eigenvalue weighted by Gasteiger charge is 2.20. The largest absolute Gasteiger partial charge is 0.493 e. The summed E-state index contributed by atoms with van der Waals surface area (Å²) < 4.78 is 22.7. The van der Waals surface area contributed by atoms with Gasteiger partial charge in [0, 0.05) is 0 Å². The van der Waals surface area contributed by atoms with Crippen LogP contribution < -0.4 is 10.5 Å². The summed E-state index contributed by atoms with van der Waals surface area (Å²) >= 11 is 2.96. The number of rotatable bonds is 2. The summed E-state index contributed by atoms with van der Waals surface area (Å²) in [6.45, 7) is 0. The van der Waals surface area contributed by atoms with Gasteiger partial charge in [0.25, 0.3) is 0 Å². The fourth-order valence-corrected chi connectivity index (χ4v) is 1.59. The molecule has 0 aliphatic heterocycles. The van der Waals surface area contributed by atoms with Crippen LogP contribution in [0.4, 0.5) is 10.1 Å². The number of hydrogen-bond donors (Lipinski definition) is 1. The summed E-state index contributed by atoms with van der Waals surface area (Å²) in [7, 11) is 2.52. The predicted octanol–water partition coefficient (Wildman–Crippen LogP) is 1.97. The topological polar surface area (TPSA) is 61.5 Å². The number of halogens is 2. The third kappa shape index (κ3) is 2.04. The Hall–Kier alpha value is -1.30. The second-order valence-electron chi connectivity index (χ2n) is 2.66. The molecule has 0 saturated heterocycles. The number of hydrogen-bond acceptors (Lipinski definition) is 4. The molecule has 1 rings (SSSR count). The van der Waals surface area contributed by atoms with E-state index in [0.717, 1.165) is 6.07 Å². The van der Waals surface area contributed by atoms with Gasteiger partial charge in [-0.3, -0.25) is 0 Å². The second kappa shape index (κ2) is 4.48. The molecule has 0 amide bonds. The molecular weight excluding hydrogens is 269 g/mol. The molecule has 15 heavy (non-hydrogen) atoms. The Morgan fingerprint density at radius 2 is 2.13 bits per heavy atom. The lowest BCUT2D eigenvalue weighted by molar-refractivity contribution is 0.0601. The van der Waals surface area contributed by atoms with Crippen LogP contribution in [0.2, 0.25) is 0 Å². The number of carbonyl (C=O) groups is 1. The van der Waals surface area contributed by atoms with Gasteiger partial charge in [-0.15, -0.1) is 0 Å². The van der Waals surface area contributed by atoms with Crippen molar-refractivity contribution in [2.45, 2.75) is 0 Å². The average molecular weight is 278 g/mol. The minimum Gasteiger partial charge on any atom is -0.493 e. The molecule has 6 heteroatoms. The van der Waals surface area contributed by atoms with Crippen molar-refractivity contribution in [3.63, 3.8) is 0 Å². The number of anilines is 1. The van der Waals surface area contributed by atoms with Gasteiger partial charge in [0.15, 0.2) is 5.75 Å². The third-order valence-corrected chi connectivity index (χ3v) is 2.56. The molecule has 0 fully saturated rings. The second-order valence-corrected chi connectivity index (χ2v) is 3.45. The molecule has 0 aliphatic rings. The van der Waals surface area contributed by atoms with Gasteiger partial charge in [-0.1, -0.05) is 0 Å². The van der Waals surface area contributed by atoms with Crippen LogP contribution in [-0.4, -0.2) is 20.2 Å².